The van der Waals surface area contributed by atoms with Crippen LogP contribution in [0.3, 0.4) is 0 Å². The molecule has 0 saturated heterocycles. The zero-order valence-corrected chi connectivity index (χ0v) is 13.9. The molecule has 1 amide bonds. The number of hydrogen-bond donors (Lipinski definition) is 0. The zero-order chi connectivity index (χ0) is 16.5. The van der Waals surface area contributed by atoms with Crippen molar-refractivity contribution in [3.63, 3.8) is 0 Å². The number of benzene rings is 2. The summed E-state index contributed by atoms with van der Waals surface area (Å²) in [7, 11) is 1.86. The molecule has 0 fully saturated rings. The zero-order valence-electron chi connectivity index (χ0n) is 13.9. The lowest BCUT2D eigenvalue weighted by Crippen LogP contribution is -2.28. The molecular weight excluding hydrogens is 302 g/mol. The highest BCUT2D eigenvalue weighted by molar-refractivity contribution is 5.78. The summed E-state index contributed by atoms with van der Waals surface area (Å²) in [4.78, 5) is 14.4. The maximum Gasteiger partial charge on any atom is 0.227 e. The van der Waals surface area contributed by atoms with Gasteiger partial charge in [-0.3, -0.25) is 4.79 Å². The predicted molar refractivity (Wildman–Crippen MR) is 91.5 cm³/mol. The largest absolute Gasteiger partial charge is 0.493 e. The van der Waals surface area contributed by atoms with Gasteiger partial charge in [0.2, 0.25) is 5.91 Å². The Bertz CT molecular complexity index is 738. The highest BCUT2D eigenvalue weighted by Gasteiger charge is 2.27. The SMILES string of the molecule is CN(Cc1c2c(cc3c1OCC3)OCC2)C(=O)Cc1ccccc1. The van der Waals surface area contributed by atoms with Crippen LogP contribution in [0.2, 0.25) is 0 Å². The van der Waals surface area contributed by atoms with Gasteiger partial charge >= 0.3 is 0 Å². The molecule has 2 aliphatic heterocycles. The maximum atomic E-state index is 12.6. The molecule has 4 heteroatoms. The summed E-state index contributed by atoms with van der Waals surface area (Å²) in [5.74, 6) is 2.06. The second-order valence-corrected chi connectivity index (χ2v) is 6.43. The molecule has 2 aromatic rings. The number of ether oxygens (including phenoxy) is 2. The number of amides is 1. The molecule has 0 aromatic heterocycles. The number of hydrogen-bond acceptors (Lipinski definition) is 3. The first-order valence-electron chi connectivity index (χ1n) is 8.43. The highest BCUT2D eigenvalue weighted by Crippen LogP contribution is 2.41. The topological polar surface area (TPSA) is 38.8 Å². The Hall–Kier alpha value is -2.49. The molecule has 4 rings (SSSR count). The van der Waals surface area contributed by atoms with Crippen LogP contribution in [0.4, 0.5) is 0 Å². The van der Waals surface area contributed by atoms with Gasteiger partial charge in [0, 0.05) is 43.1 Å². The van der Waals surface area contributed by atoms with Crippen molar-refractivity contribution in [3.8, 4) is 11.5 Å². The number of likely N-dealkylation sites (N-methyl/N-ethyl adjacent to an activating group) is 1. The second-order valence-electron chi connectivity index (χ2n) is 6.43. The summed E-state index contributed by atoms with van der Waals surface area (Å²) in [6.45, 7) is 2.00. The molecule has 0 unspecified atom stereocenters. The van der Waals surface area contributed by atoms with Gasteiger partial charge in [0.1, 0.15) is 11.5 Å². The lowest BCUT2D eigenvalue weighted by molar-refractivity contribution is -0.129. The average Bonchev–Trinajstić information content (AvgIpc) is 3.24. The van der Waals surface area contributed by atoms with Gasteiger partial charge in [-0.25, -0.2) is 0 Å². The molecule has 2 aliphatic rings. The second kappa shape index (κ2) is 6.19. The van der Waals surface area contributed by atoms with Crippen LogP contribution >= 0.6 is 0 Å². The van der Waals surface area contributed by atoms with Crippen molar-refractivity contribution in [1.82, 2.24) is 4.90 Å². The van der Waals surface area contributed by atoms with E-state index in [4.69, 9.17) is 9.47 Å². The average molecular weight is 323 g/mol. The fraction of sp³-hybridized carbons (Fsp3) is 0.350. The molecule has 24 heavy (non-hydrogen) atoms. The van der Waals surface area contributed by atoms with Crippen LogP contribution in [-0.4, -0.2) is 31.1 Å². The highest BCUT2D eigenvalue weighted by atomic mass is 16.5. The van der Waals surface area contributed by atoms with Crippen molar-refractivity contribution in [2.45, 2.75) is 25.8 Å². The minimum atomic E-state index is 0.115. The van der Waals surface area contributed by atoms with Gasteiger partial charge in [0.25, 0.3) is 0 Å². The van der Waals surface area contributed by atoms with Gasteiger partial charge in [0.15, 0.2) is 0 Å². The standard InChI is InChI=1S/C20H21NO3/c1-21(19(22)11-14-5-3-2-4-6-14)13-17-16-8-10-23-18(16)12-15-7-9-24-20(15)17/h2-6,12H,7-11,13H2,1H3. The number of fused-ring (bicyclic) bond motifs is 2. The molecule has 4 nitrogen and oxygen atoms in total. The van der Waals surface area contributed by atoms with Crippen LogP contribution in [0.1, 0.15) is 22.3 Å². The third kappa shape index (κ3) is 2.73. The van der Waals surface area contributed by atoms with E-state index in [9.17, 15) is 4.79 Å². The molecule has 0 aliphatic carbocycles. The van der Waals surface area contributed by atoms with Gasteiger partial charge in [-0.2, -0.15) is 0 Å². The summed E-state index contributed by atoms with van der Waals surface area (Å²) < 4.78 is 11.6. The van der Waals surface area contributed by atoms with E-state index >= 15 is 0 Å². The Morgan fingerprint density at radius 2 is 1.92 bits per heavy atom. The first-order chi connectivity index (χ1) is 11.7. The van der Waals surface area contributed by atoms with E-state index in [-0.39, 0.29) is 5.91 Å². The van der Waals surface area contributed by atoms with E-state index in [1.54, 1.807) is 4.90 Å². The fourth-order valence-corrected chi connectivity index (χ4v) is 3.48. The van der Waals surface area contributed by atoms with Crippen molar-refractivity contribution in [2.24, 2.45) is 0 Å². The summed E-state index contributed by atoms with van der Waals surface area (Å²) in [5, 5.41) is 0. The van der Waals surface area contributed by atoms with Crippen molar-refractivity contribution in [3.05, 3.63) is 58.7 Å². The van der Waals surface area contributed by atoms with Crippen LogP contribution in [0, 0.1) is 0 Å². The number of carbonyl (C=O) groups is 1. The van der Waals surface area contributed by atoms with E-state index in [1.165, 1.54) is 11.1 Å². The molecule has 124 valence electrons. The summed E-state index contributed by atoms with van der Waals surface area (Å²) >= 11 is 0. The van der Waals surface area contributed by atoms with E-state index < -0.39 is 0 Å². The van der Waals surface area contributed by atoms with E-state index in [2.05, 4.69) is 6.07 Å². The molecule has 0 atom stereocenters. The van der Waals surface area contributed by atoms with Gasteiger partial charge in [-0.05, 0) is 11.6 Å². The third-order valence-corrected chi connectivity index (χ3v) is 4.78. The first-order valence-corrected chi connectivity index (χ1v) is 8.43. The fourth-order valence-electron chi connectivity index (χ4n) is 3.48. The Kier molecular flexibility index (Phi) is 3.89. The summed E-state index contributed by atoms with van der Waals surface area (Å²) in [6.07, 6.45) is 2.23. The van der Waals surface area contributed by atoms with Crippen molar-refractivity contribution in [2.75, 3.05) is 20.3 Å². The number of nitrogens with zero attached hydrogens (tertiary/aromatic N) is 1. The predicted octanol–water partition coefficient (Wildman–Crippen LogP) is 2.76. The van der Waals surface area contributed by atoms with Crippen molar-refractivity contribution < 1.29 is 14.3 Å². The quantitative estimate of drug-likeness (QED) is 0.868. The van der Waals surface area contributed by atoms with Crippen LogP contribution in [0.5, 0.6) is 11.5 Å². The number of carbonyl (C=O) groups excluding carboxylic acids is 1. The molecular formula is C20H21NO3. The van der Waals surface area contributed by atoms with Gasteiger partial charge in [0.05, 0.1) is 19.6 Å². The Labute approximate surface area is 142 Å². The Morgan fingerprint density at radius 1 is 1.12 bits per heavy atom. The molecule has 2 aromatic carbocycles. The smallest absolute Gasteiger partial charge is 0.227 e. The molecule has 0 saturated carbocycles. The van der Waals surface area contributed by atoms with Crippen LogP contribution in [0.15, 0.2) is 36.4 Å². The van der Waals surface area contributed by atoms with Crippen molar-refractivity contribution >= 4 is 5.91 Å². The van der Waals surface area contributed by atoms with Gasteiger partial charge in [-0.15, -0.1) is 0 Å². The third-order valence-electron chi connectivity index (χ3n) is 4.78. The Morgan fingerprint density at radius 3 is 2.75 bits per heavy atom. The van der Waals surface area contributed by atoms with E-state index in [0.29, 0.717) is 26.2 Å². The lowest BCUT2D eigenvalue weighted by atomic mass is 9.99. The first kappa shape index (κ1) is 15.1. The lowest BCUT2D eigenvalue weighted by Gasteiger charge is -2.21. The summed E-state index contributed by atoms with van der Waals surface area (Å²) in [5.41, 5.74) is 4.57. The number of rotatable bonds is 4. The minimum Gasteiger partial charge on any atom is -0.493 e. The summed E-state index contributed by atoms with van der Waals surface area (Å²) in [6, 6.07) is 12.0. The van der Waals surface area contributed by atoms with E-state index in [1.807, 2.05) is 37.4 Å². The van der Waals surface area contributed by atoms with Crippen molar-refractivity contribution in [1.29, 1.82) is 0 Å². The molecule has 0 N–H and O–H groups in total. The van der Waals surface area contributed by atoms with Crippen LogP contribution in [0.25, 0.3) is 0 Å². The van der Waals surface area contributed by atoms with Crippen LogP contribution < -0.4 is 9.47 Å². The monoisotopic (exact) mass is 323 g/mol. The molecule has 0 bridgehead atoms. The normalized spacial score (nSPS) is 14.5. The van der Waals surface area contributed by atoms with Gasteiger partial charge in [-0.1, -0.05) is 30.3 Å². The van der Waals surface area contributed by atoms with Crippen LogP contribution in [-0.2, 0) is 30.6 Å². The maximum absolute atomic E-state index is 12.6. The molecule has 2 heterocycles. The molecule has 0 spiro atoms. The van der Waals surface area contributed by atoms with E-state index in [0.717, 1.165) is 35.5 Å². The van der Waals surface area contributed by atoms with Gasteiger partial charge < -0.3 is 14.4 Å². The Balaban J connectivity index is 1.56. The molecule has 0 radical (unpaired) electrons. The minimum absolute atomic E-state index is 0.115.